The van der Waals surface area contributed by atoms with Crippen LogP contribution in [0.1, 0.15) is 40.7 Å². The number of hydrogen-bond donors (Lipinski definition) is 0. The highest BCUT2D eigenvalue weighted by molar-refractivity contribution is 6.25. The highest BCUT2D eigenvalue weighted by Gasteiger charge is 2.67. The first-order valence-corrected chi connectivity index (χ1v) is 13.5. The summed E-state index contributed by atoms with van der Waals surface area (Å²) in [6.45, 7) is 4.51. The normalized spacial score (nSPS) is 24.6. The van der Waals surface area contributed by atoms with Gasteiger partial charge >= 0.3 is 0 Å². The first-order valence-electron chi connectivity index (χ1n) is 13.5. The van der Waals surface area contributed by atoms with Crippen LogP contribution >= 0.6 is 0 Å². The predicted octanol–water partition coefficient (Wildman–Crippen LogP) is 6.35. The molecule has 2 atom stereocenters. The van der Waals surface area contributed by atoms with Gasteiger partial charge in [0.05, 0.1) is 35.2 Å². The maximum atomic E-state index is 14.5. The number of aryl methyl sites for hydroxylation is 1. The van der Waals surface area contributed by atoms with Crippen LogP contribution in [-0.4, -0.2) is 24.6 Å². The lowest BCUT2D eigenvalue weighted by Gasteiger charge is -2.52. The van der Waals surface area contributed by atoms with Crippen molar-refractivity contribution in [2.45, 2.75) is 25.2 Å². The Bertz CT molecular complexity index is 1610. The van der Waals surface area contributed by atoms with Gasteiger partial charge in [-0.3, -0.25) is 14.6 Å². The number of anilines is 1. The molecule has 4 aromatic rings. The van der Waals surface area contributed by atoms with Crippen LogP contribution in [0, 0.1) is 18.8 Å². The molecule has 0 aromatic heterocycles. The molecular weight excluding hydrogens is 484 g/mol. The number of rotatable bonds is 5. The van der Waals surface area contributed by atoms with Crippen LogP contribution in [0.2, 0.25) is 0 Å². The summed E-state index contributed by atoms with van der Waals surface area (Å²) >= 11 is 0. The largest absolute Gasteiger partial charge is 0.494 e. The second kappa shape index (κ2) is 8.77. The van der Waals surface area contributed by atoms with E-state index in [9.17, 15) is 9.59 Å². The number of amides is 2. The fourth-order valence-corrected chi connectivity index (χ4v) is 7.05. The van der Waals surface area contributed by atoms with Crippen molar-refractivity contribution in [2.75, 3.05) is 11.5 Å². The van der Waals surface area contributed by atoms with Gasteiger partial charge in [-0.15, -0.1) is 0 Å². The van der Waals surface area contributed by atoms with Crippen molar-refractivity contribution in [3.63, 3.8) is 0 Å². The number of imide groups is 1. The Morgan fingerprint density at radius 2 is 1.51 bits per heavy atom. The molecule has 1 saturated heterocycles. The zero-order chi connectivity index (χ0) is 26.7. The van der Waals surface area contributed by atoms with Gasteiger partial charge in [0, 0.05) is 12.1 Å². The van der Waals surface area contributed by atoms with E-state index in [0.717, 1.165) is 33.5 Å². The Hall–Kier alpha value is -4.51. The van der Waals surface area contributed by atoms with Crippen LogP contribution in [0.3, 0.4) is 0 Å². The SMILES string of the molecule is CCOc1ccc(N2C(=O)[C@H]3C4c5ccccc5C(C=Nc5cccc(C)c5)(c5ccccc54)[C@H]3C2=O)cc1. The van der Waals surface area contributed by atoms with E-state index in [1.54, 1.807) is 12.1 Å². The van der Waals surface area contributed by atoms with Gasteiger partial charge in [-0.1, -0.05) is 60.7 Å². The number of hydrogen-bond acceptors (Lipinski definition) is 4. The summed E-state index contributed by atoms with van der Waals surface area (Å²) in [6, 6.07) is 31.8. The summed E-state index contributed by atoms with van der Waals surface area (Å²) in [4.78, 5) is 35.1. The monoisotopic (exact) mass is 512 g/mol. The second-order valence-electron chi connectivity index (χ2n) is 10.6. The molecule has 1 fully saturated rings. The van der Waals surface area contributed by atoms with Gasteiger partial charge < -0.3 is 4.74 Å². The molecule has 8 rings (SSSR count). The van der Waals surface area contributed by atoms with Crippen molar-refractivity contribution >= 4 is 29.4 Å². The summed E-state index contributed by atoms with van der Waals surface area (Å²) < 4.78 is 5.59. The number of carbonyl (C=O) groups is 2. The van der Waals surface area contributed by atoms with Gasteiger partial charge in [-0.2, -0.15) is 0 Å². The molecule has 4 aromatic carbocycles. The highest BCUT2D eigenvalue weighted by Crippen LogP contribution is 2.63. The molecule has 1 aliphatic heterocycles. The molecule has 0 unspecified atom stereocenters. The van der Waals surface area contributed by atoms with Gasteiger partial charge in [-0.25, -0.2) is 4.90 Å². The lowest BCUT2D eigenvalue weighted by Crippen LogP contribution is -2.54. The average molecular weight is 513 g/mol. The number of aliphatic imine (C=N–C) groups is 1. The molecule has 1 heterocycles. The summed E-state index contributed by atoms with van der Waals surface area (Å²) in [5, 5.41) is 0. The number of nitrogens with zero attached hydrogens (tertiary/aromatic N) is 2. The average Bonchev–Trinajstić information content (AvgIpc) is 3.23. The Morgan fingerprint density at radius 3 is 2.15 bits per heavy atom. The Morgan fingerprint density at radius 1 is 0.846 bits per heavy atom. The fourth-order valence-electron chi connectivity index (χ4n) is 7.05. The van der Waals surface area contributed by atoms with E-state index in [0.29, 0.717) is 18.0 Å². The van der Waals surface area contributed by atoms with Crippen LogP contribution in [0.25, 0.3) is 0 Å². The van der Waals surface area contributed by atoms with E-state index in [1.165, 1.54) is 4.90 Å². The van der Waals surface area contributed by atoms with Crippen molar-refractivity contribution in [1.82, 2.24) is 0 Å². The van der Waals surface area contributed by atoms with E-state index >= 15 is 0 Å². The van der Waals surface area contributed by atoms with Gasteiger partial charge in [0.15, 0.2) is 0 Å². The van der Waals surface area contributed by atoms with Crippen LogP contribution in [0.15, 0.2) is 102 Å². The lowest BCUT2D eigenvalue weighted by atomic mass is 9.47. The number of benzene rings is 4. The van der Waals surface area contributed by atoms with Gasteiger partial charge in [0.1, 0.15) is 5.75 Å². The van der Waals surface area contributed by atoms with Crippen molar-refractivity contribution in [1.29, 1.82) is 0 Å². The molecule has 0 radical (unpaired) electrons. The molecule has 5 heteroatoms. The van der Waals surface area contributed by atoms with Crippen molar-refractivity contribution in [3.05, 3.63) is 125 Å². The van der Waals surface area contributed by atoms with Crippen LogP contribution in [-0.2, 0) is 15.0 Å². The molecule has 0 saturated carbocycles. The van der Waals surface area contributed by atoms with Crippen molar-refractivity contribution in [3.8, 4) is 5.75 Å². The van der Waals surface area contributed by atoms with E-state index < -0.39 is 17.3 Å². The minimum atomic E-state index is -0.872. The first kappa shape index (κ1) is 23.6. The molecule has 4 aliphatic rings. The van der Waals surface area contributed by atoms with Crippen LogP contribution in [0.4, 0.5) is 11.4 Å². The lowest BCUT2D eigenvalue weighted by molar-refractivity contribution is -0.122. The van der Waals surface area contributed by atoms with E-state index in [1.807, 2.05) is 80.7 Å². The van der Waals surface area contributed by atoms with Gasteiger partial charge in [0.25, 0.3) is 0 Å². The Labute approximate surface area is 227 Å². The highest BCUT2D eigenvalue weighted by atomic mass is 16.5. The van der Waals surface area contributed by atoms with E-state index in [2.05, 4.69) is 24.3 Å². The Kier molecular flexibility index (Phi) is 5.31. The van der Waals surface area contributed by atoms with E-state index in [-0.39, 0.29) is 17.7 Å². The van der Waals surface area contributed by atoms with Gasteiger partial charge in [-0.05, 0) is 78.1 Å². The molecule has 0 spiro atoms. The van der Waals surface area contributed by atoms with Crippen molar-refractivity contribution in [2.24, 2.45) is 16.8 Å². The van der Waals surface area contributed by atoms with E-state index in [4.69, 9.17) is 9.73 Å². The molecule has 5 nitrogen and oxygen atoms in total. The minimum absolute atomic E-state index is 0.156. The second-order valence-corrected chi connectivity index (χ2v) is 10.6. The summed E-state index contributed by atoms with van der Waals surface area (Å²) in [5.74, 6) is -0.937. The third-order valence-corrected chi connectivity index (χ3v) is 8.51. The summed E-state index contributed by atoms with van der Waals surface area (Å²) in [5.41, 5.74) is 5.95. The van der Waals surface area contributed by atoms with Crippen LogP contribution in [0.5, 0.6) is 5.75 Å². The molecule has 3 aliphatic carbocycles. The topological polar surface area (TPSA) is 59.0 Å². The summed E-state index contributed by atoms with van der Waals surface area (Å²) in [6.07, 6.45) is 1.94. The van der Waals surface area contributed by atoms with Gasteiger partial charge in [0.2, 0.25) is 11.8 Å². The third kappa shape index (κ3) is 3.29. The molecular formula is C34H28N2O3. The summed E-state index contributed by atoms with van der Waals surface area (Å²) in [7, 11) is 0. The number of carbonyl (C=O) groups excluding carboxylic acids is 2. The number of ether oxygens (including phenoxy) is 1. The zero-order valence-electron chi connectivity index (χ0n) is 21.9. The quantitative estimate of drug-likeness (QED) is 0.231. The molecule has 2 amide bonds. The maximum Gasteiger partial charge on any atom is 0.239 e. The molecule has 39 heavy (non-hydrogen) atoms. The fraction of sp³-hybridized carbons (Fsp3) is 0.206. The maximum absolute atomic E-state index is 14.5. The predicted molar refractivity (Wildman–Crippen MR) is 152 cm³/mol. The molecule has 192 valence electrons. The first-order chi connectivity index (χ1) is 19.0. The molecule has 0 N–H and O–H groups in total. The Balaban J connectivity index is 1.45. The minimum Gasteiger partial charge on any atom is -0.494 e. The third-order valence-electron chi connectivity index (χ3n) is 8.51. The standard InChI is InChI=1S/C34H28N2O3/c1-3-39-24-17-15-23(16-18-24)36-32(37)30-29-25-11-4-6-13-27(25)34(31(30)33(36)38,28-14-7-5-12-26(28)29)20-35-22-10-8-9-21(2)19-22/h4-20,29-31H,3H2,1-2H3/t29?,30-,31+,34?/m0/s1. The van der Waals surface area contributed by atoms with Crippen molar-refractivity contribution < 1.29 is 14.3 Å². The zero-order valence-corrected chi connectivity index (χ0v) is 21.9. The van der Waals surface area contributed by atoms with Crippen LogP contribution < -0.4 is 9.64 Å². The smallest absolute Gasteiger partial charge is 0.239 e. The molecule has 2 bridgehead atoms.